The average Bonchev–Trinajstić information content (AvgIpc) is 3.22. The molecule has 0 spiro atoms. The maximum atomic E-state index is 13.4. The minimum absolute atomic E-state index is 0.0944. The van der Waals surface area contributed by atoms with Gasteiger partial charge in [-0.15, -0.1) is 0 Å². The summed E-state index contributed by atoms with van der Waals surface area (Å²) < 4.78 is 5.51. The van der Waals surface area contributed by atoms with Crippen molar-refractivity contribution in [2.45, 2.75) is 32.4 Å². The smallest absolute Gasteiger partial charge is 0.251 e. The number of para-hydroxylation sites is 1. The van der Waals surface area contributed by atoms with Crippen molar-refractivity contribution in [3.63, 3.8) is 0 Å². The lowest BCUT2D eigenvalue weighted by atomic mass is 9.92. The number of carbonyl (C=O) groups is 2. The third kappa shape index (κ3) is 3.66. The zero-order chi connectivity index (χ0) is 20.5. The molecule has 1 aliphatic rings. The van der Waals surface area contributed by atoms with E-state index in [1.165, 1.54) is 0 Å². The molecule has 2 amide bonds. The molecule has 4 rings (SSSR count). The van der Waals surface area contributed by atoms with Crippen LogP contribution < -0.4 is 5.32 Å². The van der Waals surface area contributed by atoms with E-state index in [0.29, 0.717) is 22.8 Å². The largest absolute Gasteiger partial charge is 0.467 e. The van der Waals surface area contributed by atoms with Gasteiger partial charge in [0.05, 0.1) is 18.7 Å². The van der Waals surface area contributed by atoms with Crippen LogP contribution in [0.2, 0.25) is 5.02 Å². The van der Waals surface area contributed by atoms with E-state index in [1.54, 1.807) is 41.5 Å². The molecule has 3 aromatic rings. The summed E-state index contributed by atoms with van der Waals surface area (Å²) in [6.45, 7) is 3.89. The van der Waals surface area contributed by atoms with Crippen LogP contribution in [0.25, 0.3) is 0 Å². The first kappa shape index (κ1) is 19.3. The van der Waals surface area contributed by atoms with Crippen LogP contribution in [-0.2, 0) is 9.59 Å². The summed E-state index contributed by atoms with van der Waals surface area (Å²) in [7, 11) is 0. The van der Waals surface area contributed by atoms with Gasteiger partial charge in [-0.3, -0.25) is 9.59 Å². The van der Waals surface area contributed by atoms with E-state index < -0.39 is 6.04 Å². The second-order valence-electron chi connectivity index (χ2n) is 7.25. The number of benzene rings is 2. The molecular formula is C23H21ClN2O3. The van der Waals surface area contributed by atoms with Crippen LogP contribution in [0.15, 0.2) is 65.3 Å². The number of β-lactam (4-membered cyclic amide) rings is 1. The number of nitrogens with zero attached hydrogens (tertiary/aromatic N) is 1. The van der Waals surface area contributed by atoms with Crippen LogP contribution in [0, 0.1) is 13.8 Å². The van der Waals surface area contributed by atoms with Crippen LogP contribution >= 0.6 is 11.6 Å². The summed E-state index contributed by atoms with van der Waals surface area (Å²) in [5.41, 5.74) is 3.39. The quantitative estimate of drug-likeness (QED) is 0.590. The fourth-order valence-electron chi connectivity index (χ4n) is 3.76. The van der Waals surface area contributed by atoms with Crippen molar-refractivity contribution >= 4 is 29.1 Å². The van der Waals surface area contributed by atoms with E-state index in [4.69, 9.17) is 16.0 Å². The van der Waals surface area contributed by atoms with E-state index >= 15 is 0 Å². The predicted octanol–water partition coefficient (Wildman–Crippen LogP) is 5.20. The second-order valence-corrected chi connectivity index (χ2v) is 7.68. The molecule has 2 heterocycles. The average molecular weight is 409 g/mol. The number of carbonyl (C=O) groups excluding carboxylic acids is 2. The number of nitrogens with one attached hydrogen (secondary N) is 1. The molecule has 5 nitrogen and oxygen atoms in total. The van der Waals surface area contributed by atoms with E-state index in [-0.39, 0.29) is 17.9 Å². The van der Waals surface area contributed by atoms with Gasteiger partial charge in [0.25, 0.3) is 5.91 Å². The Morgan fingerprint density at radius 3 is 2.38 bits per heavy atom. The normalized spacial score (nSPS) is 17.0. The standard InChI is InChI=1S/C23H21ClN2O3/c1-14-5-3-6-15(2)21(14)25-23(28)22(16-8-10-17(24)11-9-16)26-18(13-20(26)27)19-7-4-12-29-19/h3-12,18,22H,13H2,1-2H3,(H,25,28)/t18-,22+/m0/s1. The maximum Gasteiger partial charge on any atom is 0.251 e. The van der Waals surface area contributed by atoms with Crippen LogP contribution in [0.5, 0.6) is 0 Å². The molecule has 0 radical (unpaired) electrons. The zero-order valence-corrected chi connectivity index (χ0v) is 16.9. The number of hydrogen-bond donors (Lipinski definition) is 1. The summed E-state index contributed by atoms with van der Waals surface area (Å²) >= 11 is 6.04. The highest BCUT2D eigenvalue weighted by molar-refractivity contribution is 6.30. The summed E-state index contributed by atoms with van der Waals surface area (Å²) in [6, 6.07) is 15.4. The molecule has 6 heteroatoms. The molecule has 1 aliphatic heterocycles. The van der Waals surface area contributed by atoms with Gasteiger partial charge in [-0.05, 0) is 54.8 Å². The minimum atomic E-state index is -0.789. The Kier molecular flexibility index (Phi) is 5.16. The van der Waals surface area contributed by atoms with Gasteiger partial charge >= 0.3 is 0 Å². The van der Waals surface area contributed by atoms with Crippen LogP contribution in [-0.4, -0.2) is 16.7 Å². The summed E-state index contributed by atoms with van der Waals surface area (Å²) in [4.78, 5) is 27.6. The highest BCUT2D eigenvalue weighted by Crippen LogP contribution is 2.42. The van der Waals surface area contributed by atoms with Crippen molar-refractivity contribution in [1.29, 1.82) is 0 Å². The van der Waals surface area contributed by atoms with Gasteiger partial charge in [0.15, 0.2) is 0 Å². The molecule has 0 aliphatic carbocycles. The molecule has 0 bridgehead atoms. The number of amides is 2. The Morgan fingerprint density at radius 1 is 1.10 bits per heavy atom. The fourth-order valence-corrected chi connectivity index (χ4v) is 3.89. The highest BCUT2D eigenvalue weighted by atomic mass is 35.5. The molecule has 1 fully saturated rings. The number of rotatable bonds is 5. The topological polar surface area (TPSA) is 62.6 Å². The molecule has 1 N–H and O–H groups in total. The number of anilines is 1. The van der Waals surface area contributed by atoms with Crippen molar-refractivity contribution in [3.05, 3.63) is 88.3 Å². The van der Waals surface area contributed by atoms with Crippen LogP contribution in [0.4, 0.5) is 5.69 Å². The molecule has 148 valence electrons. The summed E-state index contributed by atoms with van der Waals surface area (Å²) in [5.74, 6) is 0.306. The second kappa shape index (κ2) is 7.76. The first-order valence-electron chi connectivity index (χ1n) is 9.43. The number of likely N-dealkylation sites (tertiary alicyclic amines) is 1. The number of aryl methyl sites for hydroxylation is 2. The van der Waals surface area contributed by atoms with Gasteiger partial charge in [-0.1, -0.05) is 41.9 Å². The van der Waals surface area contributed by atoms with E-state index in [1.807, 2.05) is 38.1 Å². The first-order chi connectivity index (χ1) is 14.0. The van der Waals surface area contributed by atoms with Crippen molar-refractivity contribution in [3.8, 4) is 0 Å². The van der Waals surface area contributed by atoms with Gasteiger partial charge < -0.3 is 14.6 Å². The van der Waals surface area contributed by atoms with Crippen molar-refractivity contribution in [2.24, 2.45) is 0 Å². The van der Waals surface area contributed by atoms with Crippen molar-refractivity contribution < 1.29 is 14.0 Å². The molecule has 0 saturated carbocycles. The van der Waals surface area contributed by atoms with Gasteiger partial charge in [-0.25, -0.2) is 0 Å². The molecule has 2 aromatic carbocycles. The lowest BCUT2D eigenvalue weighted by Gasteiger charge is -2.44. The monoisotopic (exact) mass is 408 g/mol. The maximum absolute atomic E-state index is 13.4. The van der Waals surface area contributed by atoms with Crippen molar-refractivity contribution in [1.82, 2.24) is 4.90 Å². The third-order valence-corrected chi connectivity index (χ3v) is 5.56. The van der Waals surface area contributed by atoms with E-state index in [0.717, 1.165) is 16.8 Å². The Bertz CT molecular complexity index is 1020. The summed E-state index contributed by atoms with van der Waals surface area (Å²) in [5, 5.41) is 3.60. The third-order valence-electron chi connectivity index (χ3n) is 5.30. The van der Waals surface area contributed by atoms with E-state index in [9.17, 15) is 9.59 Å². The Labute approximate surface area is 174 Å². The Morgan fingerprint density at radius 2 is 1.79 bits per heavy atom. The minimum Gasteiger partial charge on any atom is -0.467 e. The number of hydrogen-bond acceptors (Lipinski definition) is 3. The van der Waals surface area contributed by atoms with Crippen molar-refractivity contribution in [2.75, 3.05) is 5.32 Å². The Balaban J connectivity index is 1.71. The van der Waals surface area contributed by atoms with Crippen LogP contribution in [0.1, 0.15) is 41.0 Å². The van der Waals surface area contributed by atoms with Gasteiger partial charge in [0.2, 0.25) is 5.91 Å². The van der Waals surface area contributed by atoms with Crippen LogP contribution in [0.3, 0.4) is 0 Å². The van der Waals surface area contributed by atoms with Gasteiger partial charge in [-0.2, -0.15) is 0 Å². The van der Waals surface area contributed by atoms with Gasteiger partial charge in [0.1, 0.15) is 11.8 Å². The fraction of sp³-hybridized carbons (Fsp3) is 0.217. The SMILES string of the molecule is Cc1cccc(C)c1NC(=O)[C@@H](c1ccc(Cl)cc1)N1C(=O)C[C@H]1c1ccco1. The highest BCUT2D eigenvalue weighted by Gasteiger charge is 2.46. The zero-order valence-electron chi connectivity index (χ0n) is 16.2. The molecular weight excluding hydrogens is 388 g/mol. The summed E-state index contributed by atoms with van der Waals surface area (Å²) in [6.07, 6.45) is 1.89. The number of furan rings is 1. The Hall–Kier alpha value is -3.05. The molecule has 1 saturated heterocycles. The van der Waals surface area contributed by atoms with Gasteiger partial charge in [0, 0.05) is 10.7 Å². The number of halogens is 1. The molecule has 1 aromatic heterocycles. The predicted molar refractivity (Wildman–Crippen MR) is 112 cm³/mol. The lowest BCUT2D eigenvalue weighted by Crippen LogP contribution is -2.51. The first-order valence-corrected chi connectivity index (χ1v) is 9.80. The molecule has 2 atom stereocenters. The molecule has 29 heavy (non-hydrogen) atoms. The lowest BCUT2D eigenvalue weighted by molar-refractivity contribution is -0.155. The van der Waals surface area contributed by atoms with E-state index in [2.05, 4.69) is 5.32 Å². The molecule has 0 unspecified atom stereocenters.